The smallest absolute Gasteiger partial charge is 0.130 e. The van der Waals surface area contributed by atoms with Gasteiger partial charge in [0.15, 0.2) is 0 Å². The average Bonchev–Trinajstić information content (AvgIpc) is 2.61. The predicted octanol–water partition coefficient (Wildman–Crippen LogP) is 3.43. The Kier molecular flexibility index (Phi) is 3.83. The van der Waals surface area contributed by atoms with Gasteiger partial charge in [0, 0.05) is 31.5 Å². The third-order valence-corrected chi connectivity index (χ3v) is 5.18. The molecule has 0 aliphatic carbocycles. The number of fused-ring (bicyclic) bond motifs is 3. The van der Waals surface area contributed by atoms with Gasteiger partial charge in [0.2, 0.25) is 0 Å². The molecule has 23 heavy (non-hydrogen) atoms. The van der Waals surface area contributed by atoms with E-state index in [9.17, 15) is 0 Å². The highest BCUT2D eigenvalue weighted by Gasteiger charge is 2.36. The highest BCUT2D eigenvalue weighted by atomic mass is 16.5. The highest BCUT2D eigenvalue weighted by molar-refractivity contribution is 5.93. The summed E-state index contributed by atoms with van der Waals surface area (Å²) in [5, 5.41) is 2.54. The van der Waals surface area contributed by atoms with Crippen molar-refractivity contribution in [1.82, 2.24) is 4.90 Å². The zero-order valence-electron chi connectivity index (χ0n) is 13.5. The molecular weight excluding hydrogens is 284 g/mol. The summed E-state index contributed by atoms with van der Waals surface area (Å²) in [6.45, 7) is 4.07. The Balaban J connectivity index is 1.56. The van der Waals surface area contributed by atoms with Gasteiger partial charge in [-0.1, -0.05) is 36.4 Å². The van der Waals surface area contributed by atoms with Gasteiger partial charge in [-0.3, -0.25) is 0 Å². The van der Waals surface area contributed by atoms with Gasteiger partial charge in [0.1, 0.15) is 11.4 Å². The zero-order chi connectivity index (χ0) is 15.7. The van der Waals surface area contributed by atoms with Gasteiger partial charge in [-0.2, -0.15) is 0 Å². The van der Waals surface area contributed by atoms with Crippen LogP contribution in [0.1, 0.15) is 24.8 Å². The molecule has 2 heterocycles. The Labute approximate surface area is 137 Å². The lowest BCUT2D eigenvalue weighted by molar-refractivity contribution is 0.0388. The minimum absolute atomic E-state index is 0.116. The Bertz CT molecular complexity index is 729. The molecule has 0 amide bonds. The van der Waals surface area contributed by atoms with Crippen molar-refractivity contribution in [2.24, 2.45) is 5.73 Å². The first-order valence-corrected chi connectivity index (χ1v) is 8.62. The zero-order valence-corrected chi connectivity index (χ0v) is 13.5. The fourth-order valence-corrected chi connectivity index (χ4v) is 3.76. The number of piperidine rings is 1. The number of benzene rings is 2. The second kappa shape index (κ2) is 5.99. The normalized spacial score (nSPS) is 19.7. The second-order valence-electron chi connectivity index (χ2n) is 6.68. The van der Waals surface area contributed by atoms with Crippen LogP contribution in [-0.2, 0) is 0 Å². The molecule has 2 N–H and O–H groups in total. The minimum Gasteiger partial charge on any atom is -0.482 e. The van der Waals surface area contributed by atoms with Crippen LogP contribution in [0.15, 0.2) is 42.5 Å². The van der Waals surface area contributed by atoms with Gasteiger partial charge in [0.25, 0.3) is 0 Å². The standard InChI is InChI=1S/C20H24N2O/c21-12-3-13-22-14-10-20(11-15-22)9-8-18-17-5-2-1-4-16(17)6-7-19(18)23-20/h1-2,4-9H,3,10-15,21H2. The molecule has 1 saturated heterocycles. The van der Waals surface area contributed by atoms with Crippen LogP contribution in [-0.4, -0.2) is 36.7 Å². The van der Waals surface area contributed by atoms with Crippen molar-refractivity contribution in [3.63, 3.8) is 0 Å². The molecular formula is C20H24N2O. The van der Waals surface area contributed by atoms with Crippen molar-refractivity contribution in [1.29, 1.82) is 0 Å². The first-order chi connectivity index (χ1) is 11.3. The fourth-order valence-electron chi connectivity index (χ4n) is 3.76. The van der Waals surface area contributed by atoms with Crippen molar-refractivity contribution >= 4 is 16.8 Å². The van der Waals surface area contributed by atoms with Crippen LogP contribution in [0.25, 0.3) is 16.8 Å². The van der Waals surface area contributed by atoms with Gasteiger partial charge in [-0.25, -0.2) is 0 Å². The average molecular weight is 308 g/mol. The number of rotatable bonds is 3. The topological polar surface area (TPSA) is 38.5 Å². The van der Waals surface area contributed by atoms with E-state index in [1.54, 1.807) is 0 Å². The molecule has 0 saturated carbocycles. The van der Waals surface area contributed by atoms with Gasteiger partial charge in [-0.05, 0) is 42.4 Å². The Morgan fingerprint density at radius 2 is 1.91 bits per heavy atom. The van der Waals surface area contributed by atoms with Crippen molar-refractivity contribution in [3.8, 4) is 5.75 Å². The Morgan fingerprint density at radius 1 is 1.09 bits per heavy atom. The van der Waals surface area contributed by atoms with Crippen LogP contribution in [0.3, 0.4) is 0 Å². The molecule has 4 rings (SSSR count). The monoisotopic (exact) mass is 308 g/mol. The van der Waals surface area contributed by atoms with E-state index < -0.39 is 0 Å². The largest absolute Gasteiger partial charge is 0.482 e. The second-order valence-corrected chi connectivity index (χ2v) is 6.68. The molecule has 2 aliphatic heterocycles. The third-order valence-electron chi connectivity index (χ3n) is 5.18. The molecule has 0 radical (unpaired) electrons. The van der Waals surface area contributed by atoms with E-state index in [1.807, 2.05) is 0 Å². The molecule has 120 valence electrons. The van der Waals surface area contributed by atoms with Crippen LogP contribution >= 0.6 is 0 Å². The third kappa shape index (κ3) is 2.75. The lowest BCUT2D eigenvalue weighted by atomic mass is 9.87. The predicted molar refractivity (Wildman–Crippen MR) is 95.7 cm³/mol. The summed E-state index contributed by atoms with van der Waals surface area (Å²) in [7, 11) is 0. The molecule has 1 spiro atoms. The summed E-state index contributed by atoms with van der Waals surface area (Å²) >= 11 is 0. The Hall–Kier alpha value is -1.84. The van der Waals surface area contributed by atoms with Gasteiger partial charge in [0.05, 0.1) is 0 Å². The molecule has 2 aromatic rings. The van der Waals surface area contributed by atoms with E-state index in [2.05, 4.69) is 53.5 Å². The molecule has 0 bridgehead atoms. The van der Waals surface area contributed by atoms with Gasteiger partial charge >= 0.3 is 0 Å². The summed E-state index contributed by atoms with van der Waals surface area (Å²) in [4.78, 5) is 2.51. The van der Waals surface area contributed by atoms with Crippen LogP contribution in [0.4, 0.5) is 0 Å². The molecule has 0 unspecified atom stereocenters. The summed E-state index contributed by atoms with van der Waals surface area (Å²) in [6.07, 6.45) is 7.76. The number of nitrogens with two attached hydrogens (primary N) is 1. The number of likely N-dealkylation sites (tertiary alicyclic amines) is 1. The molecule has 3 heteroatoms. The minimum atomic E-state index is -0.116. The van der Waals surface area contributed by atoms with Crippen LogP contribution in [0.2, 0.25) is 0 Å². The van der Waals surface area contributed by atoms with Gasteiger partial charge in [-0.15, -0.1) is 0 Å². The van der Waals surface area contributed by atoms with Crippen molar-refractivity contribution in [2.45, 2.75) is 24.9 Å². The molecule has 2 aliphatic rings. The maximum atomic E-state index is 6.48. The quantitative estimate of drug-likeness (QED) is 0.944. The SMILES string of the molecule is NCCCN1CCC2(C=Cc3c(ccc4ccccc34)O2)CC1. The summed E-state index contributed by atoms with van der Waals surface area (Å²) in [6, 6.07) is 12.8. The Morgan fingerprint density at radius 3 is 2.74 bits per heavy atom. The van der Waals surface area contributed by atoms with Crippen LogP contribution in [0, 0.1) is 0 Å². The summed E-state index contributed by atoms with van der Waals surface area (Å²) in [5.74, 6) is 1.03. The molecule has 0 atom stereocenters. The summed E-state index contributed by atoms with van der Waals surface area (Å²) < 4.78 is 6.48. The van der Waals surface area contributed by atoms with E-state index >= 15 is 0 Å². The first-order valence-electron chi connectivity index (χ1n) is 8.62. The van der Waals surface area contributed by atoms with Crippen molar-refractivity contribution in [3.05, 3.63) is 48.0 Å². The summed E-state index contributed by atoms with van der Waals surface area (Å²) in [5.41, 5.74) is 6.72. The fraction of sp³-hybridized carbons (Fsp3) is 0.400. The number of nitrogens with zero attached hydrogens (tertiary/aromatic N) is 1. The van der Waals surface area contributed by atoms with E-state index in [0.29, 0.717) is 0 Å². The van der Waals surface area contributed by atoms with E-state index in [0.717, 1.165) is 51.2 Å². The number of hydrogen-bond donors (Lipinski definition) is 1. The van der Waals surface area contributed by atoms with Crippen LogP contribution < -0.4 is 10.5 Å². The number of ether oxygens (including phenoxy) is 1. The van der Waals surface area contributed by atoms with Crippen molar-refractivity contribution < 1.29 is 4.74 Å². The lowest BCUT2D eigenvalue weighted by Gasteiger charge is -2.42. The maximum absolute atomic E-state index is 6.48. The van der Waals surface area contributed by atoms with E-state index in [4.69, 9.17) is 10.5 Å². The molecule has 2 aromatic carbocycles. The molecule has 3 nitrogen and oxygen atoms in total. The van der Waals surface area contributed by atoms with Gasteiger partial charge < -0.3 is 15.4 Å². The molecule has 1 fully saturated rings. The maximum Gasteiger partial charge on any atom is 0.130 e. The van der Waals surface area contributed by atoms with E-state index in [-0.39, 0.29) is 5.60 Å². The van der Waals surface area contributed by atoms with Crippen molar-refractivity contribution in [2.75, 3.05) is 26.2 Å². The number of hydrogen-bond acceptors (Lipinski definition) is 3. The molecule has 0 aromatic heterocycles. The first kappa shape index (κ1) is 14.7. The lowest BCUT2D eigenvalue weighted by Crippen LogP contribution is -2.47. The van der Waals surface area contributed by atoms with E-state index in [1.165, 1.54) is 16.3 Å². The highest BCUT2D eigenvalue weighted by Crippen LogP contribution is 2.40. The van der Waals surface area contributed by atoms with Crippen LogP contribution in [0.5, 0.6) is 5.75 Å².